The largest absolute Gasteiger partial charge is 0.493 e. The highest BCUT2D eigenvalue weighted by Crippen LogP contribution is 2.27. The van der Waals surface area contributed by atoms with E-state index in [0.29, 0.717) is 17.1 Å². The zero-order valence-electron chi connectivity index (χ0n) is 12.5. The summed E-state index contributed by atoms with van der Waals surface area (Å²) in [4.78, 5) is 11.8. The van der Waals surface area contributed by atoms with Crippen LogP contribution in [0.4, 0.5) is 0 Å². The topological polar surface area (TPSA) is 35.5 Å². The highest BCUT2D eigenvalue weighted by Gasteiger charge is 2.02. The van der Waals surface area contributed by atoms with Crippen molar-refractivity contribution in [3.63, 3.8) is 0 Å². The molecule has 0 spiro atoms. The maximum Gasteiger partial charge on any atom is 0.229 e. The third kappa shape index (κ3) is 4.26. The molecule has 0 unspecified atom stereocenters. The van der Waals surface area contributed by atoms with Crippen LogP contribution >= 0.6 is 0 Å². The normalized spacial score (nSPS) is 9.91. The van der Waals surface area contributed by atoms with Gasteiger partial charge in [-0.05, 0) is 35.8 Å². The lowest BCUT2D eigenvalue weighted by Crippen LogP contribution is -1.91. The summed E-state index contributed by atoms with van der Waals surface area (Å²) in [5.41, 5.74) is 1.66. The maximum absolute atomic E-state index is 11.8. The van der Waals surface area contributed by atoms with Crippen LogP contribution < -0.4 is 9.47 Å². The van der Waals surface area contributed by atoms with Crippen molar-refractivity contribution < 1.29 is 14.3 Å². The Balaban J connectivity index is 2.09. The van der Waals surface area contributed by atoms with Gasteiger partial charge in [0.05, 0.1) is 14.2 Å². The van der Waals surface area contributed by atoms with E-state index in [-0.39, 0.29) is 5.78 Å². The fourth-order valence-corrected chi connectivity index (χ4v) is 1.83. The van der Waals surface area contributed by atoms with E-state index in [1.807, 2.05) is 30.3 Å². The number of rotatable bonds is 4. The Morgan fingerprint density at radius 2 is 1.73 bits per heavy atom. The van der Waals surface area contributed by atoms with Gasteiger partial charge in [-0.1, -0.05) is 42.3 Å². The molecule has 0 fully saturated rings. The highest BCUT2D eigenvalue weighted by molar-refractivity contribution is 6.06. The van der Waals surface area contributed by atoms with Gasteiger partial charge in [-0.15, -0.1) is 0 Å². The Morgan fingerprint density at radius 3 is 2.41 bits per heavy atom. The maximum atomic E-state index is 11.8. The molecular formula is C19H16O3. The first kappa shape index (κ1) is 15.4. The van der Waals surface area contributed by atoms with Crippen molar-refractivity contribution in [1.29, 1.82) is 0 Å². The van der Waals surface area contributed by atoms with E-state index < -0.39 is 0 Å². The van der Waals surface area contributed by atoms with E-state index >= 15 is 0 Å². The smallest absolute Gasteiger partial charge is 0.229 e. The van der Waals surface area contributed by atoms with Crippen LogP contribution in [-0.2, 0) is 4.79 Å². The first-order valence-electron chi connectivity index (χ1n) is 6.74. The number of benzene rings is 2. The standard InChI is InChI=1S/C19H16O3/c1-21-18-13-10-16(14-19(18)22-2)9-12-17(20)11-8-15-6-4-3-5-7-15/h3-8,10-11,13-14H,1-2H3/b11-8+. The molecular weight excluding hydrogens is 276 g/mol. The summed E-state index contributed by atoms with van der Waals surface area (Å²) in [5, 5.41) is 0. The third-order valence-corrected chi connectivity index (χ3v) is 2.94. The van der Waals surface area contributed by atoms with E-state index in [1.165, 1.54) is 6.08 Å². The molecule has 0 aliphatic heterocycles. The van der Waals surface area contributed by atoms with Crippen molar-refractivity contribution in [1.82, 2.24) is 0 Å². The molecule has 3 nitrogen and oxygen atoms in total. The number of ketones is 1. The van der Waals surface area contributed by atoms with E-state index in [9.17, 15) is 4.79 Å². The van der Waals surface area contributed by atoms with Gasteiger partial charge in [0, 0.05) is 5.56 Å². The highest BCUT2D eigenvalue weighted by atomic mass is 16.5. The molecule has 0 aliphatic rings. The minimum atomic E-state index is -0.251. The molecule has 22 heavy (non-hydrogen) atoms. The predicted octanol–water partition coefficient (Wildman–Crippen LogP) is 3.34. The van der Waals surface area contributed by atoms with Crippen molar-refractivity contribution in [3.05, 3.63) is 65.7 Å². The van der Waals surface area contributed by atoms with Gasteiger partial charge >= 0.3 is 0 Å². The van der Waals surface area contributed by atoms with Crippen molar-refractivity contribution in [2.45, 2.75) is 0 Å². The van der Waals surface area contributed by atoms with Gasteiger partial charge in [-0.3, -0.25) is 4.79 Å². The van der Waals surface area contributed by atoms with Crippen LogP contribution in [-0.4, -0.2) is 20.0 Å². The number of carbonyl (C=O) groups is 1. The molecule has 2 aromatic carbocycles. The average molecular weight is 292 g/mol. The fourth-order valence-electron chi connectivity index (χ4n) is 1.83. The van der Waals surface area contributed by atoms with Crippen LogP contribution in [0.1, 0.15) is 11.1 Å². The van der Waals surface area contributed by atoms with E-state index in [1.54, 1.807) is 38.5 Å². The zero-order chi connectivity index (χ0) is 15.8. The van der Waals surface area contributed by atoms with Crippen molar-refractivity contribution in [2.24, 2.45) is 0 Å². The van der Waals surface area contributed by atoms with E-state index in [4.69, 9.17) is 9.47 Å². The van der Waals surface area contributed by atoms with Crippen LogP contribution in [0.15, 0.2) is 54.6 Å². The number of methoxy groups -OCH3 is 2. The molecule has 0 aromatic heterocycles. The molecule has 0 N–H and O–H groups in total. The molecule has 0 aliphatic carbocycles. The fraction of sp³-hybridized carbons (Fsp3) is 0.105. The molecule has 0 saturated heterocycles. The van der Waals surface area contributed by atoms with Crippen molar-refractivity contribution >= 4 is 11.9 Å². The first-order valence-corrected chi connectivity index (χ1v) is 6.74. The van der Waals surface area contributed by atoms with Gasteiger partial charge < -0.3 is 9.47 Å². The van der Waals surface area contributed by atoms with Gasteiger partial charge in [-0.25, -0.2) is 0 Å². The van der Waals surface area contributed by atoms with Crippen LogP contribution in [0.25, 0.3) is 6.08 Å². The van der Waals surface area contributed by atoms with Crippen molar-refractivity contribution in [3.8, 4) is 23.3 Å². The third-order valence-electron chi connectivity index (χ3n) is 2.94. The van der Waals surface area contributed by atoms with Crippen molar-refractivity contribution in [2.75, 3.05) is 14.2 Å². The van der Waals surface area contributed by atoms with Gasteiger partial charge in [0.2, 0.25) is 5.78 Å². The lowest BCUT2D eigenvalue weighted by Gasteiger charge is -2.06. The molecule has 0 radical (unpaired) electrons. The molecule has 110 valence electrons. The number of carbonyl (C=O) groups excluding carboxylic acids is 1. The van der Waals surface area contributed by atoms with E-state index in [2.05, 4.69) is 11.8 Å². The Hall–Kier alpha value is -2.99. The minimum Gasteiger partial charge on any atom is -0.493 e. The molecule has 3 heteroatoms. The zero-order valence-corrected chi connectivity index (χ0v) is 12.5. The van der Waals surface area contributed by atoms with Gasteiger partial charge in [0.15, 0.2) is 11.5 Å². The van der Waals surface area contributed by atoms with Gasteiger partial charge in [0.1, 0.15) is 0 Å². The SMILES string of the molecule is COc1ccc(C#CC(=O)/C=C/c2ccccc2)cc1OC. The van der Waals surface area contributed by atoms with E-state index in [0.717, 1.165) is 5.56 Å². The lowest BCUT2D eigenvalue weighted by molar-refractivity contribution is -0.109. The Kier molecular flexibility index (Phi) is 5.39. The minimum absolute atomic E-state index is 0.251. The molecule has 2 aromatic rings. The summed E-state index contributed by atoms with van der Waals surface area (Å²) in [6.07, 6.45) is 3.20. The lowest BCUT2D eigenvalue weighted by atomic mass is 10.2. The van der Waals surface area contributed by atoms with Crippen LogP contribution in [0.2, 0.25) is 0 Å². The Labute approximate surface area is 130 Å². The first-order chi connectivity index (χ1) is 10.7. The summed E-state index contributed by atoms with van der Waals surface area (Å²) >= 11 is 0. The number of ether oxygens (including phenoxy) is 2. The van der Waals surface area contributed by atoms with Crippen LogP contribution in [0.5, 0.6) is 11.5 Å². The van der Waals surface area contributed by atoms with Gasteiger partial charge in [-0.2, -0.15) is 0 Å². The molecule has 0 bridgehead atoms. The summed E-state index contributed by atoms with van der Waals surface area (Å²) in [6, 6.07) is 14.9. The predicted molar refractivity (Wildman–Crippen MR) is 86.9 cm³/mol. The quantitative estimate of drug-likeness (QED) is 0.640. The van der Waals surface area contributed by atoms with Crippen LogP contribution in [0.3, 0.4) is 0 Å². The summed E-state index contributed by atoms with van der Waals surface area (Å²) in [5.74, 6) is 6.37. The number of allylic oxidation sites excluding steroid dienone is 1. The molecule has 0 saturated carbocycles. The molecule has 2 rings (SSSR count). The Bertz CT molecular complexity index is 734. The number of hydrogen-bond donors (Lipinski definition) is 0. The summed E-state index contributed by atoms with van der Waals surface area (Å²) in [6.45, 7) is 0. The molecule has 0 heterocycles. The molecule has 0 amide bonds. The Morgan fingerprint density at radius 1 is 1.00 bits per heavy atom. The average Bonchev–Trinajstić information content (AvgIpc) is 2.58. The van der Waals surface area contributed by atoms with Crippen LogP contribution in [0, 0.1) is 11.8 Å². The number of hydrogen-bond acceptors (Lipinski definition) is 3. The van der Waals surface area contributed by atoms with Gasteiger partial charge in [0.25, 0.3) is 0 Å². The summed E-state index contributed by atoms with van der Waals surface area (Å²) < 4.78 is 10.4. The second-order valence-electron chi connectivity index (χ2n) is 4.43. The second kappa shape index (κ2) is 7.70. The second-order valence-corrected chi connectivity index (χ2v) is 4.43. The monoisotopic (exact) mass is 292 g/mol. The molecule has 0 atom stereocenters. The summed E-state index contributed by atoms with van der Waals surface area (Å²) in [7, 11) is 3.13.